The third-order valence-electron chi connectivity index (χ3n) is 6.87. The van der Waals surface area contributed by atoms with Gasteiger partial charge in [0.1, 0.15) is 0 Å². The Morgan fingerprint density at radius 1 is 1.04 bits per heavy atom. The van der Waals surface area contributed by atoms with Crippen molar-refractivity contribution in [1.82, 2.24) is 14.7 Å². The Kier molecular flexibility index (Phi) is 5.32. The summed E-state index contributed by atoms with van der Waals surface area (Å²) in [5, 5.41) is 3.08. The molecule has 2 bridgehead atoms. The van der Waals surface area contributed by atoms with Crippen LogP contribution in [0.2, 0.25) is 0 Å². The van der Waals surface area contributed by atoms with Crippen LogP contribution in [-0.2, 0) is 0 Å². The van der Waals surface area contributed by atoms with E-state index in [1.807, 2.05) is 34.9 Å². The van der Waals surface area contributed by atoms with E-state index in [0.29, 0.717) is 23.4 Å². The number of amides is 3. The van der Waals surface area contributed by atoms with Crippen LogP contribution in [0.25, 0.3) is 0 Å². The zero-order valence-electron chi connectivity index (χ0n) is 17.3. The van der Waals surface area contributed by atoms with Gasteiger partial charge in [0.05, 0.1) is 0 Å². The molecule has 3 fully saturated rings. The van der Waals surface area contributed by atoms with Crippen molar-refractivity contribution in [2.75, 3.05) is 45.6 Å². The lowest BCUT2D eigenvalue weighted by Gasteiger charge is -2.41. The number of rotatable bonds is 3. The zero-order valence-corrected chi connectivity index (χ0v) is 17.3. The van der Waals surface area contributed by atoms with E-state index in [9.17, 15) is 9.59 Å². The van der Waals surface area contributed by atoms with Gasteiger partial charge in [-0.15, -0.1) is 0 Å². The van der Waals surface area contributed by atoms with E-state index >= 15 is 0 Å². The minimum atomic E-state index is -0.0389. The Bertz CT molecular complexity index is 743. The van der Waals surface area contributed by atoms with Gasteiger partial charge in [0.25, 0.3) is 5.91 Å². The van der Waals surface area contributed by atoms with Crippen molar-refractivity contribution in [2.45, 2.75) is 38.6 Å². The maximum atomic E-state index is 13.0. The predicted molar refractivity (Wildman–Crippen MR) is 111 cm³/mol. The maximum absolute atomic E-state index is 13.0. The third kappa shape index (κ3) is 3.50. The Balaban J connectivity index is 1.45. The van der Waals surface area contributed by atoms with Crippen molar-refractivity contribution in [1.29, 1.82) is 0 Å². The van der Waals surface area contributed by atoms with Crippen LogP contribution in [0.5, 0.6) is 0 Å². The second-order valence-electron chi connectivity index (χ2n) is 8.86. The fourth-order valence-corrected chi connectivity index (χ4v) is 5.49. The Labute approximate surface area is 167 Å². The molecule has 3 atom stereocenters. The fraction of sp³-hybridized carbons (Fsp3) is 0.636. The van der Waals surface area contributed by atoms with E-state index < -0.39 is 0 Å². The number of benzene rings is 1. The normalized spacial score (nSPS) is 26.8. The molecule has 2 aliphatic heterocycles. The van der Waals surface area contributed by atoms with Gasteiger partial charge in [-0.05, 0) is 76.2 Å². The molecule has 0 radical (unpaired) electrons. The lowest BCUT2D eigenvalue weighted by atomic mass is 9.91. The van der Waals surface area contributed by atoms with Gasteiger partial charge in [0.2, 0.25) is 0 Å². The van der Waals surface area contributed by atoms with Crippen LogP contribution >= 0.6 is 0 Å². The molecule has 1 aromatic carbocycles. The summed E-state index contributed by atoms with van der Waals surface area (Å²) in [5.41, 5.74) is 2.31. The number of hydrogen-bond donors (Lipinski definition) is 1. The number of piperidine rings is 1. The van der Waals surface area contributed by atoms with Crippen molar-refractivity contribution < 1.29 is 9.59 Å². The number of likely N-dealkylation sites (tertiary alicyclic amines) is 2. The van der Waals surface area contributed by atoms with Crippen LogP contribution in [0.15, 0.2) is 18.2 Å². The van der Waals surface area contributed by atoms with Crippen molar-refractivity contribution in [3.8, 4) is 0 Å². The SMILES string of the molecule is Cc1c(NC(=O)N2C[C@H]3CC[C@@H](C2)C3N(C)C)cccc1C(=O)N1CCCC1. The maximum Gasteiger partial charge on any atom is 0.321 e. The van der Waals surface area contributed by atoms with E-state index in [-0.39, 0.29) is 11.9 Å². The Hall–Kier alpha value is -2.08. The summed E-state index contributed by atoms with van der Waals surface area (Å²) in [5.74, 6) is 1.20. The average molecular weight is 385 g/mol. The fourth-order valence-electron chi connectivity index (χ4n) is 5.49. The molecule has 3 aliphatic rings. The van der Waals surface area contributed by atoms with Crippen molar-refractivity contribution >= 4 is 17.6 Å². The molecule has 1 aromatic rings. The molecule has 6 heteroatoms. The van der Waals surface area contributed by atoms with Crippen molar-refractivity contribution in [3.63, 3.8) is 0 Å². The topological polar surface area (TPSA) is 55.9 Å². The highest BCUT2D eigenvalue weighted by atomic mass is 16.2. The smallest absolute Gasteiger partial charge is 0.321 e. The summed E-state index contributed by atoms with van der Waals surface area (Å²) >= 11 is 0. The van der Waals surface area contributed by atoms with E-state index in [2.05, 4.69) is 24.3 Å². The van der Waals surface area contributed by atoms with E-state index in [0.717, 1.165) is 50.3 Å². The average Bonchev–Trinajstić information content (AvgIpc) is 3.29. The predicted octanol–water partition coefficient (Wildman–Crippen LogP) is 3.03. The lowest BCUT2D eigenvalue weighted by Crippen LogP contribution is -2.53. The Morgan fingerprint density at radius 3 is 2.29 bits per heavy atom. The molecule has 0 aromatic heterocycles. The van der Waals surface area contributed by atoms with Crippen LogP contribution in [0.3, 0.4) is 0 Å². The highest BCUT2D eigenvalue weighted by molar-refractivity contribution is 5.99. The first kappa shape index (κ1) is 19.2. The first-order chi connectivity index (χ1) is 13.5. The van der Waals surface area contributed by atoms with Gasteiger partial charge in [-0.3, -0.25) is 4.79 Å². The number of fused-ring (bicyclic) bond motifs is 2. The van der Waals surface area contributed by atoms with E-state index in [1.165, 1.54) is 12.8 Å². The van der Waals surface area contributed by atoms with Crippen molar-refractivity contribution in [2.24, 2.45) is 11.8 Å². The van der Waals surface area contributed by atoms with Gasteiger partial charge in [-0.1, -0.05) is 6.07 Å². The summed E-state index contributed by atoms with van der Waals surface area (Å²) in [6, 6.07) is 6.19. The summed E-state index contributed by atoms with van der Waals surface area (Å²) in [7, 11) is 4.30. The van der Waals surface area contributed by atoms with Gasteiger partial charge >= 0.3 is 6.03 Å². The molecule has 152 valence electrons. The first-order valence-corrected chi connectivity index (χ1v) is 10.6. The van der Waals surface area contributed by atoms with Crippen LogP contribution in [0.4, 0.5) is 10.5 Å². The number of nitrogens with one attached hydrogen (secondary N) is 1. The zero-order chi connectivity index (χ0) is 19.8. The number of urea groups is 1. The van der Waals surface area contributed by atoms with Crippen LogP contribution in [-0.4, -0.2) is 73.0 Å². The standard InChI is InChI=1S/C22H32N4O2/c1-15-18(21(27)25-11-4-5-12-25)7-6-8-19(15)23-22(28)26-13-16-9-10-17(14-26)20(16)24(2)3/h6-8,16-17,20H,4-5,9-14H2,1-3H3,(H,23,28)/t16-,17+,20?. The summed E-state index contributed by atoms with van der Waals surface area (Å²) in [6.07, 6.45) is 4.56. The van der Waals surface area contributed by atoms with Crippen molar-refractivity contribution in [3.05, 3.63) is 29.3 Å². The summed E-state index contributed by atoms with van der Waals surface area (Å²) in [6.45, 7) is 5.23. The summed E-state index contributed by atoms with van der Waals surface area (Å²) < 4.78 is 0. The number of carbonyl (C=O) groups excluding carboxylic acids is 2. The molecule has 3 amide bonds. The van der Waals surface area contributed by atoms with Gasteiger partial charge in [0, 0.05) is 43.5 Å². The number of nitrogens with zero attached hydrogens (tertiary/aromatic N) is 3. The summed E-state index contributed by atoms with van der Waals surface area (Å²) in [4.78, 5) is 32.0. The molecule has 1 aliphatic carbocycles. The molecule has 6 nitrogen and oxygen atoms in total. The monoisotopic (exact) mass is 384 g/mol. The molecule has 1 unspecified atom stereocenters. The molecular weight excluding hydrogens is 352 g/mol. The second kappa shape index (κ2) is 7.74. The Morgan fingerprint density at radius 2 is 1.68 bits per heavy atom. The van der Waals surface area contributed by atoms with Crippen LogP contribution in [0.1, 0.15) is 41.6 Å². The lowest BCUT2D eigenvalue weighted by molar-refractivity contribution is 0.0792. The molecular formula is C22H32N4O2. The van der Waals surface area contributed by atoms with E-state index in [4.69, 9.17) is 0 Å². The number of anilines is 1. The van der Waals surface area contributed by atoms with Crippen LogP contribution < -0.4 is 5.32 Å². The first-order valence-electron chi connectivity index (χ1n) is 10.6. The third-order valence-corrected chi connectivity index (χ3v) is 6.87. The molecule has 1 N–H and O–H groups in total. The number of hydrogen-bond acceptors (Lipinski definition) is 3. The van der Waals surface area contributed by atoms with Crippen LogP contribution in [0, 0.1) is 18.8 Å². The molecule has 0 spiro atoms. The second-order valence-corrected chi connectivity index (χ2v) is 8.86. The molecule has 2 heterocycles. The molecule has 28 heavy (non-hydrogen) atoms. The molecule has 2 saturated heterocycles. The number of carbonyl (C=O) groups is 2. The minimum Gasteiger partial charge on any atom is -0.339 e. The van der Waals surface area contributed by atoms with Gasteiger partial charge < -0.3 is 20.0 Å². The highest BCUT2D eigenvalue weighted by Gasteiger charge is 2.44. The van der Waals surface area contributed by atoms with Gasteiger partial charge in [-0.2, -0.15) is 0 Å². The largest absolute Gasteiger partial charge is 0.339 e. The quantitative estimate of drug-likeness (QED) is 0.872. The highest BCUT2D eigenvalue weighted by Crippen LogP contribution is 2.39. The van der Waals surface area contributed by atoms with Gasteiger partial charge in [-0.25, -0.2) is 4.79 Å². The van der Waals surface area contributed by atoms with E-state index in [1.54, 1.807) is 0 Å². The van der Waals surface area contributed by atoms with Gasteiger partial charge in [0.15, 0.2) is 0 Å². The minimum absolute atomic E-state index is 0.0389. The molecule has 4 rings (SSSR count). The molecule has 1 saturated carbocycles.